The largest absolute Gasteiger partial charge is 0.319 e. The molecule has 0 radical (unpaired) electrons. The number of pyridine rings is 1. The summed E-state index contributed by atoms with van der Waals surface area (Å²) >= 11 is 5.10. The second-order valence-electron chi connectivity index (χ2n) is 2.27. The van der Waals surface area contributed by atoms with Gasteiger partial charge in [-0.1, -0.05) is 0 Å². The summed E-state index contributed by atoms with van der Waals surface area (Å²) in [6, 6.07) is 4.03. The van der Waals surface area contributed by atoms with E-state index in [0.717, 1.165) is 21.8 Å². The monoisotopic (exact) mass is 246 g/mol. The van der Waals surface area contributed by atoms with E-state index in [1.165, 1.54) is 0 Å². The standard InChI is InChI=1S/C8H11BrN2S/c1-10-4-5-12-8-3-2-7(9)6-11-8/h2-3,6,10H,4-5H2,1H3. The Morgan fingerprint density at radius 2 is 2.42 bits per heavy atom. The second kappa shape index (κ2) is 5.56. The van der Waals surface area contributed by atoms with Crippen LogP contribution >= 0.6 is 27.7 Å². The molecule has 0 aliphatic heterocycles. The van der Waals surface area contributed by atoms with Crippen LogP contribution in [0.4, 0.5) is 0 Å². The molecule has 1 N–H and O–H groups in total. The van der Waals surface area contributed by atoms with Crippen LogP contribution in [0.1, 0.15) is 0 Å². The minimum absolute atomic E-state index is 1.02. The Hall–Kier alpha value is -0.0600. The van der Waals surface area contributed by atoms with E-state index in [4.69, 9.17) is 0 Å². The zero-order valence-corrected chi connectivity index (χ0v) is 9.28. The number of nitrogens with one attached hydrogen (secondary N) is 1. The van der Waals surface area contributed by atoms with E-state index in [9.17, 15) is 0 Å². The zero-order valence-electron chi connectivity index (χ0n) is 6.88. The maximum Gasteiger partial charge on any atom is 0.0961 e. The van der Waals surface area contributed by atoms with Crippen LogP contribution in [0.2, 0.25) is 0 Å². The summed E-state index contributed by atoms with van der Waals surface area (Å²) < 4.78 is 1.03. The van der Waals surface area contributed by atoms with E-state index in [1.807, 2.05) is 25.4 Å². The smallest absolute Gasteiger partial charge is 0.0961 e. The molecule has 0 aliphatic rings. The van der Waals surface area contributed by atoms with Crippen LogP contribution in [0, 0.1) is 0 Å². The lowest BCUT2D eigenvalue weighted by atomic mass is 10.5. The van der Waals surface area contributed by atoms with Crippen molar-refractivity contribution in [2.45, 2.75) is 5.03 Å². The molecular formula is C8H11BrN2S. The number of aromatic nitrogens is 1. The van der Waals surface area contributed by atoms with Gasteiger partial charge in [-0.2, -0.15) is 0 Å². The molecule has 0 unspecified atom stereocenters. The third-order valence-electron chi connectivity index (χ3n) is 1.30. The molecule has 4 heteroatoms. The quantitative estimate of drug-likeness (QED) is 0.652. The number of rotatable bonds is 4. The Labute approximate surface area is 85.3 Å². The Morgan fingerprint density at radius 1 is 1.58 bits per heavy atom. The first-order chi connectivity index (χ1) is 5.83. The number of nitrogens with zero attached hydrogens (tertiary/aromatic N) is 1. The van der Waals surface area contributed by atoms with E-state index < -0.39 is 0 Å². The highest BCUT2D eigenvalue weighted by Gasteiger charge is 1.93. The lowest BCUT2D eigenvalue weighted by Gasteiger charge is -1.99. The number of hydrogen-bond acceptors (Lipinski definition) is 3. The first-order valence-corrected chi connectivity index (χ1v) is 5.50. The molecule has 0 saturated carbocycles. The van der Waals surface area contributed by atoms with Gasteiger partial charge >= 0.3 is 0 Å². The first kappa shape index (κ1) is 10.0. The van der Waals surface area contributed by atoms with Crippen molar-refractivity contribution in [3.05, 3.63) is 22.8 Å². The van der Waals surface area contributed by atoms with E-state index in [1.54, 1.807) is 11.8 Å². The molecule has 0 atom stereocenters. The van der Waals surface area contributed by atoms with Gasteiger partial charge in [0.25, 0.3) is 0 Å². The van der Waals surface area contributed by atoms with E-state index in [0.29, 0.717) is 0 Å². The van der Waals surface area contributed by atoms with E-state index in [-0.39, 0.29) is 0 Å². The van der Waals surface area contributed by atoms with Gasteiger partial charge in [0.05, 0.1) is 5.03 Å². The highest BCUT2D eigenvalue weighted by molar-refractivity contribution is 9.10. The molecule has 12 heavy (non-hydrogen) atoms. The third kappa shape index (κ3) is 3.56. The average molecular weight is 247 g/mol. The van der Waals surface area contributed by atoms with E-state index >= 15 is 0 Å². The molecule has 1 aromatic heterocycles. The molecule has 1 heterocycles. The van der Waals surface area contributed by atoms with Crippen molar-refractivity contribution in [2.24, 2.45) is 0 Å². The Morgan fingerprint density at radius 3 is 3.00 bits per heavy atom. The molecule has 2 nitrogen and oxygen atoms in total. The normalized spacial score (nSPS) is 10.2. The summed E-state index contributed by atoms with van der Waals surface area (Å²) in [6.45, 7) is 1.02. The average Bonchev–Trinajstić information content (AvgIpc) is 2.09. The van der Waals surface area contributed by atoms with Gasteiger partial charge < -0.3 is 5.32 Å². The van der Waals surface area contributed by atoms with Crippen LogP contribution in [0.5, 0.6) is 0 Å². The molecule has 66 valence electrons. The van der Waals surface area contributed by atoms with Crippen molar-refractivity contribution in [3.8, 4) is 0 Å². The predicted molar refractivity (Wildman–Crippen MR) is 56.6 cm³/mol. The van der Waals surface area contributed by atoms with E-state index in [2.05, 4.69) is 26.2 Å². The lowest BCUT2D eigenvalue weighted by Crippen LogP contribution is -2.09. The molecule has 0 saturated heterocycles. The summed E-state index contributed by atoms with van der Waals surface area (Å²) in [7, 11) is 1.95. The Kier molecular flexibility index (Phi) is 4.65. The molecule has 0 aliphatic carbocycles. The lowest BCUT2D eigenvalue weighted by molar-refractivity contribution is 0.871. The van der Waals surface area contributed by atoms with Crippen LogP contribution < -0.4 is 5.32 Å². The first-order valence-electron chi connectivity index (χ1n) is 3.72. The molecule has 0 amide bonds. The van der Waals surface area contributed by atoms with Gasteiger partial charge in [-0.25, -0.2) is 4.98 Å². The van der Waals surface area contributed by atoms with Crippen molar-refractivity contribution in [2.75, 3.05) is 19.3 Å². The maximum absolute atomic E-state index is 4.24. The topological polar surface area (TPSA) is 24.9 Å². The Bertz CT molecular complexity index is 225. The third-order valence-corrected chi connectivity index (χ3v) is 2.72. The van der Waals surface area contributed by atoms with Gasteiger partial charge in [-0.15, -0.1) is 11.8 Å². The van der Waals surface area contributed by atoms with Crippen molar-refractivity contribution in [3.63, 3.8) is 0 Å². The maximum atomic E-state index is 4.24. The van der Waals surface area contributed by atoms with Crippen LogP contribution in [-0.2, 0) is 0 Å². The van der Waals surface area contributed by atoms with Gasteiger partial charge in [-0.05, 0) is 35.1 Å². The number of hydrogen-bond donors (Lipinski definition) is 1. The highest BCUT2D eigenvalue weighted by Crippen LogP contribution is 2.16. The summed E-state index contributed by atoms with van der Waals surface area (Å²) in [4.78, 5) is 4.24. The van der Waals surface area contributed by atoms with Gasteiger partial charge in [0, 0.05) is 23.0 Å². The fourth-order valence-electron chi connectivity index (χ4n) is 0.705. The predicted octanol–water partition coefficient (Wildman–Crippen LogP) is 2.16. The number of thioether (sulfide) groups is 1. The fourth-order valence-corrected chi connectivity index (χ4v) is 1.75. The van der Waals surface area contributed by atoms with Crippen molar-refractivity contribution < 1.29 is 0 Å². The summed E-state index contributed by atoms with van der Waals surface area (Å²) in [5.74, 6) is 1.06. The van der Waals surface area contributed by atoms with Crippen LogP contribution in [0.15, 0.2) is 27.8 Å². The molecule has 1 aromatic rings. The highest BCUT2D eigenvalue weighted by atomic mass is 79.9. The molecule has 0 spiro atoms. The molecule has 1 rings (SSSR count). The fraction of sp³-hybridized carbons (Fsp3) is 0.375. The van der Waals surface area contributed by atoms with Gasteiger partial charge in [-0.3, -0.25) is 0 Å². The van der Waals surface area contributed by atoms with Crippen LogP contribution in [0.3, 0.4) is 0 Å². The second-order valence-corrected chi connectivity index (χ2v) is 4.30. The minimum atomic E-state index is 1.02. The molecule has 0 aromatic carbocycles. The van der Waals surface area contributed by atoms with Crippen molar-refractivity contribution >= 4 is 27.7 Å². The molecule has 0 bridgehead atoms. The SMILES string of the molecule is CNCCSc1ccc(Br)cn1. The summed E-state index contributed by atoms with van der Waals surface area (Å²) in [5, 5.41) is 4.17. The van der Waals surface area contributed by atoms with Gasteiger partial charge in [0.15, 0.2) is 0 Å². The number of halogens is 1. The summed E-state index contributed by atoms with van der Waals surface area (Å²) in [5.41, 5.74) is 0. The van der Waals surface area contributed by atoms with Crippen LogP contribution in [0.25, 0.3) is 0 Å². The van der Waals surface area contributed by atoms with Gasteiger partial charge in [0.1, 0.15) is 0 Å². The van der Waals surface area contributed by atoms with Crippen molar-refractivity contribution in [1.29, 1.82) is 0 Å². The minimum Gasteiger partial charge on any atom is -0.319 e. The Balaban J connectivity index is 2.37. The molecule has 0 fully saturated rings. The van der Waals surface area contributed by atoms with Crippen LogP contribution in [-0.4, -0.2) is 24.3 Å². The molecular weight excluding hydrogens is 236 g/mol. The zero-order chi connectivity index (χ0) is 8.81. The van der Waals surface area contributed by atoms with Crippen molar-refractivity contribution in [1.82, 2.24) is 10.3 Å². The van der Waals surface area contributed by atoms with Gasteiger partial charge in [0.2, 0.25) is 0 Å². The summed E-state index contributed by atoms with van der Waals surface area (Å²) in [6.07, 6.45) is 1.82.